The Balaban J connectivity index is 1.72. The van der Waals surface area contributed by atoms with Crippen LogP contribution in [0.25, 0.3) is 0 Å². The Bertz CT molecular complexity index is 650. The first-order valence-corrected chi connectivity index (χ1v) is 7.31. The molecule has 102 valence electrons. The molecule has 3 rings (SSSR count). The Morgan fingerprint density at radius 3 is 2.85 bits per heavy atom. The predicted octanol–water partition coefficient (Wildman–Crippen LogP) is 4.04. The van der Waals surface area contributed by atoms with Crippen LogP contribution in [-0.2, 0) is 11.2 Å². The molecular weight excluding hydrogens is 342 g/mol. The molecule has 0 fully saturated rings. The van der Waals surface area contributed by atoms with Gasteiger partial charge in [-0.2, -0.15) is 0 Å². The van der Waals surface area contributed by atoms with Crippen molar-refractivity contribution in [2.24, 2.45) is 0 Å². The van der Waals surface area contributed by atoms with Gasteiger partial charge < -0.3 is 10.1 Å². The van der Waals surface area contributed by atoms with Crippen molar-refractivity contribution in [1.82, 2.24) is 0 Å². The molecule has 1 aliphatic heterocycles. The highest BCUT2D eigenvalue weighted by Gasteiger charge is 2.29. The maximum Gasteiger partial charge on any atom is 0.265 e. The molecule has 1 atom stereocenters. The van der Waals surface area contributed by atoms with Crippen molar-refractivity contribution in [2.75, 3.05) is 5.32 Å². The van der Waals surface area contributed by atoms with E-state index in [0.717, 1.165) is 15.8 Å². The van der Waals surface area contributed by atoms with Gasteiger partial charge in [0, 0.05) is 10.9 Å². The summed E-state index contributed by atoms with van der Waals surface area (Å²) in [5.74, 6) is 0.583. The fourth-order valence-electron chi connectivity index (χ4n) is 2.13. The summed E-state index contributed by atoms with van der Waals surface area (Å²) in [5, 5.41) is 3.29. The predicted molar refractivity (Wildman–Crippen MR) is 82.3 cm³/mol. The summed E-state index contributed by atoms with van der Waals surface area (Å²) >= 11 is 9.41. The summed E-state index contributed by atoms with van der Waals surface area (Å²) in [6.45, 7) is 0. The highest BCUT2D eigenvalue weighted by Crippen LogP contribution is 2.30. The van der Waals surface area contributed by atoms with E-state index < -0.39 is 6.10 Å². The molecule has 0 spiro atoms. The molecule has 0 saturated carbocycles. The highest BCUT2D eigenvalue weighted by molar-refractivity contribution is 9.10. The van der Waals surface area contributed by atoms with Crippen LogP contribution in [0, 0.1) is 0 Å². The Hall–Kier alpha value is -1.52. The normalized spacial score (nSPS) is 16.4. The number of hydrogen-bond acceptors (Lipinski definition) is 2. The molecule has 3 nitrogen and oxygen atoms in total. The molecule has 2 aromatic rings. The summed E-state index contributed by atoms with van der Waals surface area (Å²) in [6.07, 6.45) is 0.0722. The molecule has 0 aromatic heterocycles. The number of halogens is 2. The zero-order valence-corrected chi connectivity index (χ0v) is 12.7. The van der Waals surface area contributed by atoms with E-state index in [1.165, 1.54) is 0 Å². The van der Waals surface area contributed by atoms with Crippen LogP contribution in [0.5, 0.6) is 5.75 Å². The average molecular weight is 353 g/mol. The van der Waals surface area contributed by atoms with Crippen LogP contribution in [0.15, 0.2) is 46.9 Å². The lowest BCUT2D eigenvalue weighted by atomic mass is 10.1. The lowest BCUT2D eigenvalue weighted by Crippen LogP contribution is -2.31. The molecule has 0 unspecified atom stereocenters. The number of hydrogen-bond donors (Lipinski definition) is 1. The first-order chi connectivity index (χ1) is 9.63. The van der Waals surface area contributed by atoms with Gasteiger partial charge in [0.2, 0.25) is 0 Å². The first-order valence-electron chi connectivity index (χ1n) is 6.14. The van der Waals surface area contributed by atoms with Crippen LogP contribution in [-0.4, -0.2) is 12.0 Å². The minimum Gasteiger partial charge on any atom is -0.480 e. The third kappa shape index (κ3) is 2.67. The van der Waals surface area contributed by atoms with Gasteiger partial charge >= 0.3 is 0 Å². The van der Waals surface area contributed by atoms with E-state index in [-0.39, 0.29) is 5.91 Å². The summed E-state index contributed by atoms with van der Waals surface area (Å²) in [6, 6.07) is 13.0. The van der Waals surface area contributed by atoms with E-state index in [0.29, 0.717) is 17.1 Å². The molecule has 0 bridgehead atoms. The van der Waals surface area contributed by atoms with Crippen LogP contribution >= 0.6 is 27.5 Å². The third-order valence-corrected chi connectivity index (χ3v) is 3.93. The molecule has 5 heteroatoms. The zero-order chi connectivity index (χ0) is 14.1. The van der Waals surface area contributed by atoms with Gasteiger partial charge in [0.25, 0.3) is 5.91 Å². The zero-order valence-electron chi connectivity index (χ0n) is 10.4. The second-order valence-electron chi connectivity index (χ2n) is 4.53. The van der Waals surface area contributed by atoms with E-state index in [2.05, 4.69) is 21.2 Å². The van der Waals surface area contributed by atoms with Crippen LogP contribution in [0.1, 0.15) is 5.56 Å². The van der Waals surface area contributed by atoms with Gasteiger partial charge in [-0.25, -0.2) is 0 Å². The minimum absolute atomic E-state index is 0.189. The molecule has 1 N–H and O–H groups in total. The Morgan fingerprint density at radius 2 is 2.10 bits per heavy atom. The van der Waals surface area contributed by atoms with Crippen LogP contribution in [0.4, 0.5) is 5.69 Å². The summed E-state index contributed by atoms with van der Waals surface area (Å²) < 4.78 is 6.51. The maximum absolute atomic E-state index is 12.2. The first kappa shape index (κ1) is 13.5. The van der Waals surface area contributed by atoms with Gasteiger partial charge in [0.15, 0.2) is 6.10 Å². The number of benzene rings is 2. The third-order valence-electron chi connectivity index (χ3n) is 3.13. The van der Waals surface area contributed by atoms with Gasteiger partial charge in [0.1, 0.15) is 5.75 Å². The fourth-order valence-corrected chi connectivity index (χ4v) is 2.85. The Labute approximate surface area is 130 Å². The topological polar surface area (TPSA) is 38.3 Å². The quantitative estimate of drug-likeness (QED) is 0.885. The fraction of sp³-hybridized carbons (Fsp3) is 0.133. The standard InChI is InChI=1S/C15H11BrClNO2/c16-10-5-6-12(11(17)8-10)18-15(19)14-7-9-3-1-2-4-13(9)20-14/h1-6,8,14H,7H2,(H,18,19)/t14-/m1/s1. The van der Waals surface area contributed by atoms with E-state index in [9.17, 15) is 4.79 Å². The van der Waals surface area contributed by atoms with Gasteiger partial charge in [-0.05, 0) is 29.8 Å². The smallest absolute Gasteiger partial charge is 0.265 e. The number of anilines is 1. The van der Waals surface area contributed by atoms with Crippen molar-refractivity contribution in [2.45, 2.75) is 12.5 Å². The molecular formula is C15H11BrClNO2. The molecule has 1 aliphatic rings. The lowest BCUT2D eigenvalue weighted by Gasteiger charge is -2.12. The largest absolute Gasteiger partial charge is 0.480 e. The number of nitrogens with one attached hydrogen (secondary N) is 1. The number of rotatable bonds is 2. The van der Waals surface area contributed by atoms with Gasteiger partial charge in [0.05, 0.1) is 10.7 Å². The number of amides is 1. The molecule has 1 amide bonds. The van der Waals surface area contributed by atoms with Crippen LogP contribution in [0.3, 0.4) is 0 Å². The SMILES string of the molecule is O=C(Nc1ccc(Br)cc1Cl)[C@H]1Cc2ccccc2O1. The summed E-state index contributed by atoms with van der Waals surface area (Å²) in [5.41, 5.74) is 1.63. The number of carbonyl (C=O) groups excluding carboxylic acids is 1. The Kier molecular flexibility index (Phi) is 3.68. The molecule has 20 heavy (non-hydrogen) atoms. The van der Waals surface area contributed by atoms with Crippen LogP contribution in [0.2, 0.25) is 5.02 Å². The number of fused-ring (bicyclic) bond motifs is 1. The maximum atomic E-state index is 12.2. The summed E-state index contributed by atoms with van der Waals surface area (Å²) in [4.78, 5) is 12.2. The van der Waals surface area contributed by atoms with Crippen molar-refractivity contribution >= 4 is 39.1 Å². The van der Waals surface area contributed by atoms with Gasteiger partial charge in [-0.15, -0.1) is 0 Å². The van der Waals surface area contributed by atoms with E-state index in [1.807, 2.05) is 30.3 Å². The second-order valence-corrected chi connectivity index (χ2v) is 5.85. The van der Waals surface area contributed by atoms with E-state index in [4.69, 9.17) is 16.3 Å². The molecule has 2 aromatic carbocycles. The Morgan fingerprint density at radius 1 is 1.30 bits per heavy atom. The number of carbonyl (C=O) groups is 1. The lowest BCUT2D eigenvalue weighted by molar-refractivity contribution is -0.122. The number of ether oxygens (including phenoxy) is 1. The van der Waals surface area contributed by atoms with E-state index >= 15 is 0 Å². The summed E-state index contributed by atoms with van der Waals surface area (Å²) in [7, 11) is 0. The molecule has 0 saturated heterocycles. The van der Waals surface area contributed by atoms with Crippen LogP contribution < -0.4 is 10.1 Å². The van der Waals surface area contributed by atoms with Gasteiger partial charge in [-0.1, -0.05) is 45.7 Å². The van der Waals surface area contributed by atoms with Crippen molar-refractivity contribution < 1.29 is 9.53 Å². The van der Waals surface area contributed by atoms with Crippen molar-refractivity contribution in [3.05, 3.63) is 57.5 Å². The highest BCUT2D eigenvalue weighted by atomic mass is 79.9. The van der Waals surface area contributed by atoms with E-state index in [1.54, 1.807) is 12.1 Å². The van der Waals surface area contributed by atoms with Crippen molar-refractivity contribution in [1.29, 1.82) is 0 Å². The minimum atomic E-state index is -0.507. The molecule has 0 aliphatic carbocycles. The van der Waals surface area contributed by atoms with Crippen molar-refractivity contribution in [3.8, 4) is 5.75 Å². The second kappa shape index (κ2) is 5.46. The van der Waals surface area contributed by atoms with Gasteiger partial charge in [-0.3, -0.25) is 4.79 Å². The van der Waals surface area contributed by atoms with Crippen molar-refractivity contribution in [3.63, 3.8) is 0 Å². The average Bonchev–Trinajstić information content (AvgIpc) is 2.86. The number of para-hydroxylation sites is 1. The monoisotopic (exact) mass is 351 g/mol. The molecule has 0 radical (unpaired) electrons. The molecule has 1 heterocycles.